The van der Waals surface area contributed by atoms with Gasteiger partial charge < -0.3 is 55.3 Å². The number of phosphoric ester groups is 2. The van der Waals surface area contributed by atoms with Gasteiger partial charge in [0, 0.05) is 24.5 Å². The first-order valence-corrected chi connectivity index (χ1v) is 20.2. The molecule has 4 aromatic rings. The van der Waals surface area contributed by atoms with Crippen molar-refractivity contribution in [2.45, 2.75) is 73.6 Å². The van der Waals surface area contributed by atoms with Gasteiger partial charge in [-0.3, -0.25) is 61.1 Å². The number of rotatable bonds is 14. The number of nitrogen functional groups attached to an aromatic ring is 1. The van der Waals surface area contributed by atoms with E-state index in [9.17, 15) is 68.4 Å². The van der Waals surface area contributed by atoms with E-state index in [1.54, 1.807) is 0 Å². The van der Waals surface area contributed by atoms with Gasteiger partial charge in [-0.25, -0.2) is 23.7 Å². The summed E-state index contributed by atoms with van der Waals surface area (Å²) in [6.07, 6.45) is -18.6. The van der Waals surface area contributed by atoms with E-state index < -0.39 is 137 Å². The van der Waals surface area contributed by atoms with Crippen LogP contribution in [0.15, 0.2) is 54.8 Å². The topological polar surface area (TPSA) is 440 Å². The van der Waals surface area contributed by atoms with Crippen molar-refractivity contribution in [3.63, 3.8) is 0 Å². The first kappa shape index (κ1) is 43.5. The van der Waals surface area contributed by atoms with Crippen LogP contribution >= 0.6 is 15.6 Å². The van der Waals surface area contributed by atoms with Gasteiger partial charge in [-0.2, -0.15) is 4.98 Å². The minimum atomic E-state index is -5.43. The predicted octanol–water partition coefficient (Wildman–Crippen LogP) is -6.07. The second-order valence-corrected chi connectivity index (χ2v) is 16.1. The van der Waals surface area contributed by atoms with Crippen molar-refractivity contribution < 1.29 is 76.8 Å². The van der Waals surface area contributed by atoms with Crippen molar-refractivity contribution >= 4 is 32.8 Å². The molecule has 0 bridgehead atoms. The summed E-state index contributed by atoms with van der Waals surface area (Å²) in [6.45, 7) is -3.06. The lowest BCUT2D eigenvalue weighted by Gasteiger charge is -2.25. The first-order valence-electron chi connectivity index (χ1n) is 17.2. The van der Waals surface area contributed by atoms with Crippen molar-refractivity contribution in [1.82, 2.24) is 38.6 Å². The molecule has 30 nitrogen and oxygen atoms in total. The third kappa shape index (κ3) is 8.63. The van der Waals surface area contributed by atoms with E-state index in [-0.39, 0.29) is 17.1 Å². The van der Waals surface area contributed by atoms with Crippen LogP contribution in [0.1, 0.15) is 18.7 Å². The van der Waals surface area contributed by atoms with E-state index in [0.29, 0.717) is 0 Å². The zero-order valence-electron chi connectivity index (χ0n) is 30.0. The van der Waals surface area contributed by atoms with Crippen molar-refractivity contribution in [1.29, 1.82) is 0 Å². The lowest BCUT2D eigenvalue weighted by atomic mass is 10.1. The van der Waals surface area contributed by atoms with Gasteiger partial charge in [-0.05, 0) is 0 Å². The highest BCUT2D eigenvalue weighted by Crippen LogP contribution is 2.52. The highest BCUT2D eigenvalue weighted by Gasteiger charge is 2.53. The summed E-state index contributed by atoms with van der Waals surface area (Å²) in [5.41, 5.74) is 0.690. The minimum Gasteiger partial charge on any atom is -0.394 e. The number of fused-ring (bicyclic) bond motifs is 1. The summed E-state index contributed by atoms with van der Waals surface area (Å²) in [5, 5.41) is 53.2. The molecule has 0 saturated carbocycles. The summed E-state index contributed by atoms with van der Waals surface area (Å²) in [4.78, 5) is 95.4. The zero-order chi connectivity index (χ0) is 43.4. The Morgan fingerprint density at radius 2 is 1.18 bits per heavy atom. The average molecular weight is 896 g/mol. The molecule has 3 aliphatic heterocycles. The van der Waals surface area contributed by atoms with Gasteiger partial charge in [0.25, 0.3) is 16.7 Å². The molecule has 7 heterocycles. The number of aromatic amines is 3. The molecule has 3 saturated heterocycles. The summed E-state index contributed by atoms with van der Waals surface area (Å²) in [5.74, 6) is -0.387. The Balaban J connectivity index is 1.09. The van der Waals surface area contributed by atoms with E-state index in [0.717, 1.165) is 44.6 Å². The Labute approximate surface area is 330 Å². The summed E-state index contributed by atoms with van der Waals surface area (Å²) in [7, 11) is -10.8. The van der Waals surface area contributed by atoms with Gasteiger partial charge in [0.05, 0.1) is 26.1 Å². The summed E-state index contributed by atoms with van der Waals surface area (Å²) in [6, 6.07) is 1.84. The van der Waals surface area contributed by atoms with Gasteiger partial charge >= 0.3 is 27.0 Å². The number of anilines is 1. The maximum Gasteiger partial charge on any atom is 0.472 e. The van der Waals surface area contributed by atoms with Crippen LogP contribution in [0, 0.1) is 0 Å². The molecule has 0 aliphatic carbocycles. The molecule has 328 valence electrons. The number of aliphatic hydroxyl groups excluding tert-OH is 5. The van der Waals surface area contributed by atoms with Crippen LogP contribution in [-0.4, -0.2) is 149 Å². The zero-order valence-corrected chi connectivity index (χ0v) is 31.8. The number of imidazole rings is 1. The lowest BCUT2D eigenvalue weighted by molar-refractivity contribution is -0.0633. The van der Waals surface area contributed by atoms with Gasteiger partial charge in [0.1, 0.15) is 54.9 Å². The second kappa shape index (κ2) is 16.7. The fraction of sp³-hybridized carbons (Fsp3) is 0.536. The number of hydrogen-bond donors (Lipinski definition) is 11. The molecule has 3 fully saturated rings. The fourth-order valence-electron chi connectivity index (χ4n) is 6.63. The van der Waals surface area contributed by atoms with Gasteiger partial charge in [0.2, 0.25) is 5.95 Å². The number of nitrogens with zero attached hydrogens (tertiary/aromatic N) is 5. The number of hydrogen-bond acceptors (Lipinski definition) is 22. The standard InChI is InChI=1S/C28H35N9O21P2/c29-26-33-21-14(22(45)34-26)30-8-37(21)25-18(44)20(58-59(48,49)52-6-10-15(41)16(42)23(55-10)35-3-1-12(39)31-27(35)46)11(56-25)7-53-60(50,51)57-19-9(5-38)54-24(17(19)43)36-4-2-13(40)32-28(36)47/h1-4,8-11,15-20,23-25,38,41-44H,5-7H2,(H,48,49)(H,50,51)(H,31,39,46)(H,32,40,47)(H3,29,33,34,45)/t9-,10-,11-,15-,16-,17-,18-,19-,20-,23-,24-,25-/m1/s1. The molecule has 0 amide bonds. The highest BCUT2D eigenvalue weighted by molar-refractivity contribution is 7.47. The molecule has 0 aromatic carbocycles. The average Bonchev–Trinajstić information content (AvgIpc) is 3.89. The smallest absolute Gasteiger partial charge is 0.394 e. The van der Waals surface area contributed by atoms with E-state index in [1.165, 1.54) is 0 Å². The molecular formula is C28H35N9O21P2. The molecule has 7 rings (SSSR count). The Bertz CT molecular complexity index is 2630. The maximum atomic E-state index is 13.3. The number of nitrogens with two attached hydrogens (primary N) is 1. The quantitative estimate of drug-likeness (QED) is 0.0525. The monoisotopic (exact) mass is 895 g/mol. The second-order valence-electron chi connectivity index (χ2n) is 13.3. The van der Waals surface area contributed by atoms with Crippen LogP contribution in [-0.2, 0) is 41.4 Å². The molecule has 32 heteroatoms. The summed E-state index contributed by atoms with van der Waals surface area (Å²) < 4.78 is 66.2. The Morgan fingerprint density at radius 3 is 1.73 bits per heavy atom. The molecule has 60 heavy (non-hydrogen) atoms. The van der Waals surface area contributed by atoms with E-state index >= 15 is 0 Å². The van der Waals surface area contributed by atoms with Gasteiger partial charge in [0.15, 0.2) is 29.8 Å². The highest BCUT2D eigenvalue weighted by atomic mass is 31.2. The van der Waals surface area contributed by atoms with Crippen molar-refractivity contribution in [3.05, 3.63) is 82.9 Å². The van der Waals surface area contributed by atoms with Gasteiger partial charge in [-0.1, -0.05) is 0 Å². The predicted molar refractivity (Wildman–Crippen MR) is 189 cm³/mol. The molecule has 12 N–H and O–H groups in total. The van der Waals surface area contributed by atoms with Crippen LogP contribution in [0.2, 0.25) is 0 Å². The molecular weight excluding hydrogens is 860 g/mol. The van der Waals surface area contributed by atoms with Crippen LogP contribution in [0.3, 0.4) is 0 Å². The lowest BCUT2D eigenvalue weighted by Crippen LogP contribution is -2.39. The van der Waals surface area contributed by atoms with E-state index in [1.807, 2.05) is 9.97 Å². The molecule has 0 radical (unpaired) electrons. The molecule has 4 aromatic heterocycles. The van der Waals surface area contributed by atoms with Crippen LogP contribution in [0.4, 0.5) is 5.95 Å². The molecule has 2 unspecified atom stereocenters. The summed E-state index contributed by atoms with van der Waals surface area (Å²) >= 11 is 0. The third-order valence-electron chi connectivity index (χ3n) is 9.43. The van der Waals surface area contributed by atoms with Crippen molar-refractivity contribution in [2.24, 2.45) is 0 Å². The molecule has 14 atom stereocenters. The Hall–Kier alpha value is -4.59. The van der Waals surface area contributed by atoms with Gasteiger partial charge in [-0.15, -0.1) is 0 Å². The fourth-order valence-corrected chi connectivity index (χ4v) is 8.55. The number of aromatic nitrogens is 8. The van der Waals surface area contributed by atoms with Crippen molar-refractivity contribution in [3.8, 4) is 0 Å². The van der Waals surface area contributed by atoms with Crippen LogP contribution < -0.4 is 33.8 Å². The van der Waals surface area contributed by atoms with E-state index in [2.05, 4.69) is 15.0 Å². The first-order chi connectivity index (χ1) is 28.3. The Kier molecular flexibility index (Phi) is 12.1. The van der Waals surface area contributed by atoms with Crippen molar-refractivity contribution in [2.75, 3.05) is 25.6 Å². The number of ether oxygens (including phenoxy) is 3. The number of aliphatic hydroxyl groups is 5. The minimum absolute atomic E-state index is 0.260. The number of H-pyrrole nitrogens is 3. The molecule has 0 spiro atoms. The number of nitrogens with one attached hydrogen (secondary N) is 3. The molecule has 3 aliphatic rings. The third-order valence-corrected chi connectivity index (χ3v) is 11.4. The number of phosphoric acid groups is 2. The Morgan fingerprint density at radius 1 is 0.700 bits per heavy atom. The van der Waals surface area contributed by atoms with E-state index in [4.69, 9.17) is 38.0 Å². The largest absolute Gasteiger partial charge is 0.472 e. The van der Waals surface area contributed by atoms with Crippen LogP contribution in [0.25, 0.3) is 11.2 Å². The SMILES string of the molecule is Nc1nc2c(ncn2[C@@H]2O[C@H](COP(=O)(O)O[C@H]3[C@@H](O)[C@H](n4ccc(=O)[nH]c4=O)O[C@@H]3CO)[C@@H](OP(=O)(O)OC[C@H]3O[C@@H](n4ccc(=O)[nH]c4=O)[C@H](O)[C@@H]3O)[C@H]2O)c(=O)[nH]1. The normalized spacial score (nSPS) is 32.6. The maximum absolute atomic E-state index is 13.3. The van der Waals surface area contributed by atoms with Crippen LogP contribution in [0.5, 0.6) is 0 Å².